The summed E-state index contributed by atoms with van der Waals surface area (Å²) in [6, 6.07) is 13.6. The van der Waals surface area contributed by atoms with Crippen LogP contribution in [-0.4, -0.2) is 17.4 Å². The van der Waals surface area contributed by atoms with Crippen molar-refractivity contribution in [2.75, 3.05) is 17.6 Å². The van der Waals surface area contributed by atoms with Gasteiger partial charge in [-0.15, -0.1) is 11.3 Å². The summed E-state index contributed by atoms with van der Waals surface area (Å²) in [6.07, 6.45) is 0. The number of hydrogen-bond acceptors (Lipinski definition) is 5. The third-order valence-electron chi connectivity index (χ3n) is 3.51. The first-order valence-electron chi connectivity index (χ1n) is 7.66. The fourth-order valence-electron chi connectivity index (χ4n) is 2.27. The Morgan fingerprint density at radius 1 is 1.12 bits per heavy atom. The first-order valence-corrected chi connectivity index (χ1v) is 8.54. The van der Waals surface area contributed by atoms with Crippen LogP contribution in [0.3, 0.4) is 0 Å². The van der Waals surface area contributed by atoms with E-state index in [9.17, 15) is 9.18 Å². The first-order chi connectivity index (χ1) is 12.1. The van der Waals surface area contributed by atoms with E-state index in [2.05, 4.69) is 15.6 Å². The van der Waals surface area contributed by atoms with E-state index < -0.39 is 0 Å². The van der Waals surface area contributed by atoms with Gasteiger partial charge in [0.25, 0.3) is 0 Å². The quantitative estimate of drug-likeness (QED) is 0.633. The summed E-state index contributed by atoms with van der Waals surface area (Å²) in [5, 5.41) is 8.26. The minimum Gasteiger partial charge on any atom is -0.375 e. The van der Waals surface area contributed by atoms with Gasteiger partial charge in [0, 0.05) is 23.2 Å². The fourth-order valence-corrected chi connectivity index (χ4v) is 2.84. The summed E-state index contributed by atoms with van der Waals surface area (Å²) >= 11 is 1.39. The molecule has 0 aliphatic carbocycles. The smallest absolute Gasteiger partial charge is 0.238 e. The second-order valence-corrected chi connectivity index (χ2v) is 6.32. The van der Waals surface area contributed by atoms with E-state index in [-0.39, 0.29) is 18.3 Å². The Labute approximate surface area is 148 Å². The Morgan fingerprint density at radius 3 is 2.48 bits per heavy atom. The molecule has 0 bridgehead atoms. The lowest BCUT2D eigenvalue weighted by Gasteiger charge is -2.07. The van der Waals surface area contributed by atoms with Gasteiger partial charge in [0.1, 0.15) is 5.82 Å². The van der Waals surface area contributed by atoms with Crippen molar-refractivity contribution in [3.63, 3.8) is 0 Å². The van der Waals surface area contributed by atoms with E-state index in [1.807, 2.05) is 29.6 Å². The maximum absolute atomic E-state index is 12.8. The lowest BCUT2D eigenvalue weighted by molar-refractivity contribution is -0.115. The molecule has 0 spiro atoms. The minimum atomic E-state index is -0.273. The van der Waals surface area contributed by atoms with Crippen molar-refractivity contribution >= 4 is 28.1 Å². The molecule has 7 heteroatoms. The van der Waals surface area contributed by atoms with Gasteiger partial charge >= 0.3 is 0 Å². The highest BCUT2D eigenvalue weighted by Gasteiger charge is 2.05. The molecule has 4 N–H and O–H groups in total. The number of thiazole rings is 1. The molecule has 0 aliphatic rings. The van der Waals surface area contributed by atoms with Crippen molar-refractivity contribution in [1.29, 1.82) is 0 Å². The van der Waals surface area contributed by atoms with Crippen LogP contribution in [0, 0.1) is 5.82 Å². The van der Waals surface area contributed by atoms with E-state index >= 15 is 0 Å². The van der Waals surface area contributed by atoms with Crippen LogP contribution in [0.4, 0.5) is 15.2 Å². The molecule has 5 nitrogen and oxygen atoms in total. The highest BCUT2D eigenvalue weighted by atomic mass is 32.1. The third kappa shape index (κ3) is 4.85. The van der Waals surface area contributed by atoms with Crippen LogP contribution in [-0.2, 0) is 11.3 Å². The van der Waals surface area contributed by atoms with Crippen molar-refractivity contribution in [3.05, 3.63) is 65.3 Å². The Balaban J connectivity index is 1.48. The summed E-state index contributed by atoms with van der Waals surface area (Å²) in [5.41, 5.74) is 9.02. The van der Waals surface area contributed by atoms with Crippen LogP contribution in [0.5, 0.6) is 0 Å². The molecule has 25 heavy (non-hydrogen) atoms. The Kier molecular flexibility index (Phi) is 5.37. The zero-order chi connectivity index (χ0) is 17.6. The molecule has 3 aromatic rings. The third-order valence-corrected chi connectivity index (χ3v) is 4.19. The summed E-state index contributed by atoms with van der Waals surface area (Å²) in [4.78, 5) is 16.2. The second kappa shape index (κ2) is 7.87. The number of aromatic nitrogens is 1. The standard InChI is InChI=1S/C18H17FN4OS/c19-14-5-1-12(2-6-14)9-21-10-17(24)22-15-7-3-13(4-8-15)16-11-25-18(20)23-16/h1-8,11,21H,9-10H2,(H2,20,23)(H,22,24). The summed E-state index contributed by atoms with van der Waals surface area (Å²) in [7, 11) is 0. The monoisotopic (exact) mass is 356 g/mol. The normalized spacial score (nSPS) is 10.6. The molecule has 1 heterocycles. The molecule has 0 saturated heterocycles. The molecule has 1 aromatic heterocycles. The number of nitrogens with zero attached hydrogens (tertiary/aromatic N) is 1. The van der Waals surface area contributed by atoms with Gasteiger partial charge in [-0.1, -0.05) is 24.3 Å². The number of anilines is 2. The molecule has 1 amide bonds. The lowest BCUT2D eigenvalue weighted by Crippen LogP contribution is -2.27. The summed E-state index contributed by atoms with van der Waals surface area (Å²) in [6.45, 7) is 0.666. The van der Waals surface area contributed by atoms with E-state index in [4.69, 9.17) is 5.73 Å². The second-order valence-electron chi connectivity index (χ2n) is 5.43. The maximum Gasteiger partial charge on any atom is 0.238 e. The van der Waals surface area contributed by atoms with Crippen LogP contribution in [0.2, 0.25) is 0 Å². The molecular weight excluding hydrogens is 339 g/mol. The van der Waals surface area contributed by atoms with Gasteiger partial charge in [0.05, 0.1) is 12.2 Å². The van der Waals surface area contributed by atoms with Gasteiger partial charge in [-0.25, -0.2) is 9.37 Å². The number of nitrogens with two attached hydrogens (primary N) is 1. The van der Waals surface area contributed by atoms with Gasteiger partial charge in [0.15, 0.2) is 5.13 Å². The zero-order valence-corrected chi connectivity index (χ0v) is 14.1. The van der Waals surface area contributed by atoms with Crippen LogP contribution in [0.25, 0.3) is 11.3 Å². The van der Waals surface area contributed by atoms with Gasteiger partial charge in [-0.2, -0.15) is 0 Å². The number of rotatable bonds is 6. The van der Waals surface area contributed by atoms with E-state index in [0.717, 1.165) is 16.8 Å². The molecular formula is C18H17FN4OS. The van der Waals surface area contributed by atoms with Crippen LogP contribution >= 0.6 is 11.3 Å². The fraction of sp³-hybridized carbons (Fsp3) is 0.111. The molecule has 0 atom stereocenters. The predicted octanol–water partition coefficient (Wildman–Crippen LogP) is 3.26. The van der Waals surface area contributed by atoms with Crippen LogP contribution < -0.4 is 16.4 Å². The lowest BCUT2D eigenvalue weighted by atomic mass is 10.1. The number of carbonyl (C=O) groups is 1. The molecule has 3 rings (SSSR count). The van der Waals surface area contributed by atoms with E-state index in [1.165, 1.54) is 23.5 Å². The van der Waals surface area contributed by atoms with Crippen molar-refractivity contribution in [3.8, 4) is 11.3 Å². The van der Waals surface area contributed by atoms with Gasteiger partial charge in [-0.05, 0) is 29.8 Å². The molecule has 128 valence electrons. The predicted molar refractivity (Wildman–Crippen MR) is 98.7 cm³/mol. The van der Waals surface area contributed by atoms with Gasteiger partial charge in [0.2, 0.25) is 5.91 Å². The first kappa shape index (κ1) is 17.1. The van der Waals surface area contributed by atoms with Crippen molar-refractivity contribution in [2.45, 2.75) is 6.54 Å². The number of benzene rings is 2. The van der Waals surface area contributed by atoms with E-state index in [1.54, 1.807) is 12.1 Å². The number of nitrogen functional groups attached to an aromatic ring is 1. The number of hydrogen-bond donors (Lipinski definition) is 3. The average molecular weight is 356 g/mol. The SMILES string of the molecule is Nc1nc(-c2ccc(NC(=O)CNCc3ccc(F)cc3)cc2)cs1. The number of amides is 1. The molecule has 0 unspecified atom stereocenters. The van der Waals surface area contributed by atoms with Crippen molar-refractivity contribution in [1.82, 2.24) is 10.3 Å². The number of nitrogens with one attached hydrogen (secondary N) is 2. The molecule has 0 saturated carbocycles. The maximum atomic E-state index is 12.8. The summed E-state index contributed by atoms with van der Waals surface area (Å²) < 4.78 is 12.8. The van der Waals surface area contributed by atoms with E-state index in [0.29, 0.717) is 17.4 Å². The zero-order valence-electron chi connectivity index (χ0n) is 13.3. The molecule has 2 aromatic carbocycles. The van der Waals surface area contributed by atoms with Crippen molar-refractivity contribution < 1.29 is 9.18 Å². The molecule has 0 fully saturated rings. The van der Waals surface area contributed by atoms with Crippen LogP contribution in [0.1, 0.15) is 5.56 Å². The summed E-state index contributed by atoms with van der Waals surface area (Å²) in [5.74, 6) is -0.418. The highest BCUT2D eigenvalue weighted by molar-refractivity contribution is 7.13. The average Bonchev–Trinajstić information content (AvgIpc) is 3.04. The molecule has 0 aliphatic heterocycles. The number of carbonyl (C=O) groups excluding carboxylic acids is 1. The topological polar surface area (TPSA) is 80.0 Å². The Morgan fingerprint density at radius 2 is 1.84 bits per heavy atom. The largest absolute Gasteiger partial charge is 0.375 e. The highest BCUT2D eigenvalue weighted by Crippen LogP contribution is 2.24. The molecule has 0 radical (unpaired) electrons. The minimum absolute atomic E-state index is 0.146. The van der Waals surface area contributed by atoms with Crippen molar-refractivity contribution in [2.24, 2.45) is 0 Å². The van der Waals surface area contributed by atoms with Gasteiger partial charge < -0.3 is 16.4 Å². The van der Waals surface area contributed by atoms with Gasteiger partial charge in [-0.3, -0.25) is 4.79 Å². The number of halogens is 1. The Bertz CT molecular complexity index is 846. The Hall–Kier alpha value is -2.77. The van der Waals surface area contributed by atoms with Crippen LogP contribution in [0.15, 0.2) is 53.9 Å².